The number of amides is 1. The van der Waals surface area contributed by atoms with Crippen LogP contribution in [0.4, 0.5) is 0 Å². The van der Waals surface area contributed by atoms with Crippen molar-refractivity contribution in [2.24, 2.45) is 5.73 Å². The van der Waals surface area contributed by atoms with E-state index in [0.717, 1.165) is 18.4 Å². The van der Waals surface area contributed by atoms with Crippen molar-refractivity contribution >= 4 is 15.7 Å². The van der Waals surface area contributed by atoms with Gasteiger partial charge in [-0.2, -0.15) is 0 Å². The van der Waals surface area contributed by atoms with Crippen molar-refractivity contribution in [3.63, 3.8) is 0 Å². The van der Waals surface area contributed by atoms with Gasteiger partial charge in [0, 0.05) is 19.6 Å². The van der Waals surface area contributed by atoms with Crippen LogP contribution in [0.1, 0.15) is 18.4 Å². The van der Waals surface area contributed by atoms with Crippen LogP contribution in [0.2, 0.25) is 0 Å². The van der Waals surface area contributed by atoms with Gasteiger partial charge < -0.3 is 10.6 Å². The molecule has 1 amide bonds. The minimum atomic E-state index is -3.58. The highest BCUT2D eigenvalue weighted by molar-refractivity contribution is 7.92. The summed E-state index contributed by atoms with van der Waals surface area (Å²) in [4.78, 5) is 13.7. The second-order valence-electron chi connectivity index (χ2n) is 4.70. The fourth-order valence-electron chi connectivity index (χ4n) is 2.17. The molecule has 19 heavy (non-hydrogen) atoms. The molecular formula is C13H18N2O3S. The molecule has 0 spiro atoms. The zero-order valence-electron chi connectivity index (χ0n) is 10.7. The van der Waals surface area contributed by atoms with Crippen LogP contribution in [0, 0.1) is 0 Å². The second-order valence-corrected chi connectivity index (χ2v) is 6.69. The summed E-state index contributed by atoms with van der Waals surface area (Å²) in [5.41, 5.74) is 6.24. The van der Waals surface area contributed by atoms with Crippen LogP contribution in [0.5, 0.6) is 0 Å². The van der Waals surface area contributed by atoms with Crippen LogP contribution in [0.3, 0.4) is 0 Å². The van der Waals surface area contributed by atoms with Gasteiger partial charge in [0.05, 0.1) is 4.90 Å². The van der Waals surface area contributed by atoms with E-state index in [0.29, 0.717) is 13.1 Å². The summed E-state index contributed by atoms with van der Waals surface area (Å²) in [7, 11) is -3.58. The number of carbonyl (C=O) groups is 1. The van der Waals surface area contributed by atoms with E-state index in [1.54, 1.807) is 17.0 Å². The lowest BCUT2D eigenvalue weighted by Crippen LogP contribution is -2.33. The quantitative estimate of drug-likeness (QED) is 0.874. The van der Waals surface area contributed by atoms with Crippen molar-refractivity contribution in [2.75, 3.05) is 18.8 Å². The lowest BCUT2D eigenvalue weighted by molar-refractivity contribution is -0.127. The lowest BCUT2D eigenvalue weighted by atomic mass is 10.2. The first-order valence-corrected chi connectivity index (χ1v) is 7.98. The van der Waals surface area contributed by atoms with E-state index in [1.165, 1.54) is 12.1 Å². The maximum absolute atomic E-state index is 12.2. The summed E-state index contributed by atoms with van der Waals surface area (Å²) in [6.07, 6.45) is 1.91. The summed E-state index contributed by atoms with van der Waals surface area (Å²) in [6.45, 7) is 1.61. The highest BCUT2D eigenvalue weighted by Gasteiger charge is 2.25. The van der Waals surface area contributed by atoms with E-state index in [1.807, 2.05) is 0 Å². The van der Waals surface area contributed by atoms with Gasteiger partial charge in [0.15, 0.2) is 9.84 Å². The molecule has 0 aliphatic carbocycles. The Bertz CT molecular complexity index is 563. The molecular weight excluding hydrogens is 264 g/mol. The first-order chi connectivity index (χ1) is 9.03. The largest absolute Gasteiger partial charge is 0.342 e. The van der Waals surface area contributed by atoms with Gasteiger partial charge in [-0.1, -0.05) is 12.1 Å². The van der Waals surface area contributed by atoms with Crippen LogP contribution in [0.25, 0.3) is 0 Å². The van der Waals surface area contributed by atoms with Crippen molar-refractivity contribution in [2.45, 2.75) is 24.3 Å². The normalized spacial score (nSPS) is 15.7. The van der Waals surface area contributed by atoms with Gasteiger partial charge in [0.25, 0.3) is 0 Å². The number of likely N-dealkylation sites (tertiary alicyclic amines) is 1. The molecule has 0 saturated carbocycles. The number of nitrogens with zero attached hydrogens (tertiary/aromatic N) is 1. The van der Waals surface area contributed by atoms with Crippen LogP contribution in [-0.2, 0) is 21.2 Å². The lowest BCUT2D eigenvalue weighted by Gasteiger charge is -2.15. The smallest absolute Gasteiger partial charge is 0.238 e. The number of carbonyl (C=O) groups excluding carboxylic acids is 1. The van der Waals surface area contributed by atoms with Crippen molar-refractivity contribution in [3.05, 3.63) is 29.8 Å². The third kappa shape index (κ3) is 3.33. The molecule has 0 aromatic heterocycles. The molecule has 104 valence electrons. The molecule has 1 aliphatic rings. The van der Waals surface area contributed by atoms with Gasteiger partial charge >= 0.3 is 0 Å². The zero-order valence-corrected chi connectivity index (χ0v) is 11.5. The molecule has 5 nitrogen and oxygen atoms in total. The number of hydrogen-bond donors (Lipinski definition) is 1. The predicted molar refractivity (Wildman–Crippen MR) is 72.2 cm³/mol. The molecule has 1 saturated heterocycles. The SMILES string of the molecule is NCc1cccc(S(=O)(=O)CC(=O)N2CCCC2)c1. The number of hydrogen-bond acceptors (Lipinski definition) is 4. The van der Waals surface area contributed by atoms with Crippen molar-refractivity contribution < 1.29 is 13.2 Å². The van der Waals surface area contributed by atoms with Crippen molar-refractivity contribution in [1.82, 2.24) is 4.90 Å². The Labute approximate surface area is 113 Å². The molecule has 1 aliphatic heterocycles. The molecule has 0 atom stereocenters. The first-order valence-electron chi connectivity index (χ1n) is 6.32. The Morgan fingerprint density at radius 3 is 2.58 bits per heavy atom. The van der Waals surface area contributed by atoms with Crippen LogP contribution in [0.15, 0.2) is 29.2 Å². The van der Waals surface area contributed by atoms with Gasteiger partial charge in [-0.15, -0.1) is 0 Å². The van der Waals surface area contributed by atoms with E-state index >= 15 is 0 Å². The highest BCUT2D eigenvalue weighted by atomic mass is 32.2. The Balaban J connectivity index is 2.15. The van der Waals surface area contributed by atoms with E-state index in [9.17, 15) is 13.2 Å². The zero-order chi connectivity index (χ0) is 13.9. The Kier molecular flexibility index (Phi) is 4.21. The maximum atomic E-state index is 12.2. The maximum Gasteiger partial charge on any atom is 0.238 e. The minimum absolute atomic E-state index is 0.169. The van der Waals surface area contributed by atoms with E-state index in [4.69, 9.17) is 5.73 Å². The Hall–Kier alpha value is -1.40. The van der Waals surface area contributed by atoms with E-state index in [2.05, 4.69) is 0 Å². The number of benzene rings is 1. The van der Waals surface area contributed by atoms with Crippen molar-refractivity contribution in [3.8, 4) is 0 Å². The summed E-state index contributed by atoms with van der Waals surface area (Å²) < 4.78 is 24.4. The molecule has 1 fully saturated rings. The Morgan fingerprint density at radius 1 is 1.26 bits per heavy atom. The van der Waals surface area contributed by atoms with Gasteiger partial charge in [-0.25, -0.2) is 8.42 Å². The first kappa shape index (κ1) is 14.0. The topological polar surface area (TPSA) is 80.5 Å². The highest BCUT2D eigenvalue weighted by Crippen LogP contribution is 2.15. The Morgan fingerprint density at radius 2 is 1.95 bits per heavy atom. The molecule has 1 heterocycles. The van der Waals surface area contributed by atoms with E-state index in [-0.39, 0.29) is 17.3 Å². The molecule has 0 radical (unpaired) electrons. The molecule has 0 bridgehead atoms. The van der Waals surface area contributed by atoms with Crippen LogP contribution < -0.4 is 5.73 Å². The van der Waals surface area contributed by atoms with Gasteiger partial charge in [0.2, 0.25) is 5.91 Å². The van der Waals surface area contributed by atoms with Gasteiger partial charge in [-0.3, -0.25) is 4.79 Å². The molecule has 1 aromatic rings. The predicted octanol–water partition coefficient (Wildman–Crippen LogP) is 0.541. The standard InChI is InChI=1S/C13H18N2O3S/c14-9-11-4-3-5-12(8-11)19(17,18)10-13(16)15-6-1-2-7-15/h3-5,8H,1-2,6-7,9-10,14H2. The average Bonchev–Trinajstić information content (AvgIpc) is 2.92. The minimum Gasteiger partial charge on any atom is -0.342 e. The van der Waals surface area contributed by atoms with Crippen LogP contribution >= 0.6 is 0 Å². The monoisotopic (exact) mass is 282 g/mol. The summed E-state index contributed by atoms with van der Waals surface area (Å²) in [6, 6.07) is 6.45. The third-order valence-electron chi connectivity index (χ3n) is 3.27. The molecule has 1 aromatic carbocycles. The van der Waals surface area contributed by atoms with E-state index < -0.39 is 15.6 Å². The van der Waals surface area contributed by atoms with Crippen LogP contribution in [-0.4, -0.2) is 38.1 Å². The summed E-state index contributed by atoms with van der Waals surface area (Å²) in [5, 5.41) is 0. The molecule has 2 N–H and O–H groups in total. The number of rotatable bonds is 4. The number of nitrogens with two attached hydrogens (primary N) is 1. The van der Waals surface area contributed by atoms with Gasteiger partial charge in [0.1, 0.15) is 5.75 Å². The molecule has 6 heteroatoms. The summed E-state index contributed by atoms with van der Waals surface area (Å²) in [5.74, 6) is -0.767. The van der Waals surface area contributed by atoms with Crippen molar-refractivity contribution in [1.29, 1.82) is 0 Å². The average molecular weight is 282 g/mol. The second kappa shape index (κ2) is 5.71. The van der Waals surface area contributed by atoms with Gasteiger partial charge in [-0.05, 0) is 30.5 Å². The fourth-order valence-corrected chi connectivity index (χ4v) is 3.46. The summed E-state index contributed by atoms with van der Waals surface area (Å²) >= 11 is 0. The third-order valence-corrected chi connectivity index (χ3v) is 4.86. The number of sulfone groups is 1. The fraction of sp³-hybridized carbons (Fsp3) is 0.462. The molecule has 0 unspecified atom stereocenters. The molecule has 2 rings (SSSR count).